The Morgan fingerprint density at radius 3 is 2.41 bits per heavy atom. The Labute approximate surface area is 122 Å². The van der Waals surface area contributed by atoms with E-state index in [4.69, 9.17) is 0 Å². The van der Waals surface area contributed by atoms with Gasteiger partial charge in [-0.15, -0.1) is 11.3 Å². The van der Waals surface area contributed by atoms with Crippen LogP contribution in [0.15, 0.2) is 18.5 Å². The lowest BCUT2D eigenvalue weighted by Crippen LogP contribution is -2.35. The number of hydrogen-bond donors (Lipinski definition) is 1. The normalized spacial score (nSPS) is 18.5. The molecule has 7 heteroatoms. The van der Waals surface area contributed by atoms with Crippen molar-refractivity contribution < 1.29 is 8.42 Å². The molecule has 0 saturated heterocycles. The summed E-state index contributed by atoms with van der Waals surface area (Å²) in [6, 6.07) is 1.74. The van der Waals surface area contributed by atoms with Gasteiger partial charge in [0.1, 0.15) is 4.21 Å². The Kier molecular flexibility index (Phi) is 4.68. The van der Waals surface area contributed by atoms with Gasteiger partial charge in [0.05, 0.1) is 3.79 Å². The molecule has 0 atom stereocenters. The minimum Gasteiger partial charge on any atom is -0.207 e. The van der Waals surface area contributed by atoms with Crippen LogP contribution in [0, 0.1) is 0 Å². The monoisotopic (exact) mass is 401 g/mol. The smallest absolute Gasteiger partial charge is 0.207 e. The molecule has 0 unspecified atom stereocenters. The third kappa shape index (κ3) is 3.53. The van der Waals surface area contributed by atoms with Crippen molar-refractivity contribution in [2.45, 2.75) is 42.4 Å². The average Bonchev–Trinajstić information content (AvgIpc) is 2.61. The van der Waals surface area contributed by atoms with Crippen molar-refractivity contribution in [3.05, 3.63) is 14.3 Å². The van der Waals surface area contributed by atoms with E-state index in [1.807, 2.05) is 0 Å². The number of thiophene rings is 1. The molecule has 0 amide bonds. The summed E-state index contributed by atoms with van der Waals surface area (Å²) >= 11 is 7.85. The molecule has 1 fully saturated rings. The SMILES string of the molecule is O=S(=O)(NC1CCCCC1)c1cc(Br)c(Br)s1. The molecule has 96 valence electrons. The molecule has 1 saturated carbocycles. The molecule has 17 heavy (non-hydrogen) atoms. The number of nitrogens with one attached hydrogen (secondary N) is 1. The number of hydrogen-bond acceptors (Lipinski definition) is 3. The van der Waals surface area contributed by atoms with E-state index < -0.39 is 10.0 Å². The van der Waals surface area contributed by atoms with Gasteiger partial charge in [-0.1, -0.05) is 19.3 Å². The van der Waals surface area contributed by atoms with Crippen LogP contribution in [-0.2, 0) is 10.0 Å². The highest BCUT2D eigenvalue weighted by Crippen LogP contribution is 2.35. The molecule has 1 aliphatic carbocycles. The molecule has 2 rings (SSSR count). The predicted molar refractivity (Wildman–Crippen MR) is 76.9 cm³/mol. The van der Waals surface area contributed by atoms with Crippen LogP contribution in [0.2, 0.25) is 0 Å². The Morgan fingerprint density at radius 2 is 1.88 bits per heavy atom. The van der Waals surface area contributed by atoms with Crippen LogP contribution in [0.3, 0.4) is 0 Å². The zero-order chi connectivity index (χ0) is 12.5. The first kappa shape index (κ1) is 14.0. The van der Waals surface area contributed by atoms with E-state index in [1.54, 1.807) is 6.07 Å². The van der Waals surface area contributed by atoms with Gasteiger partial charge in [-0.05, 0) is 50.8 Å². The van der Waals surface area contributed by atoms with Gasteiger partial charge in [-0.25, -0.2) is 13.1 Å². The summed E-state index contributed by atoms with van der Waals surface area (Å²) in [5, 5.41) is 0. The second-order valence-corrected chi connectivity index (χ2v) is 9.31. The summed E-state index contributed by atoms with van der Waals surface area (Å²) in [6.45, 7) is 0. The van der Waals surface area contributed by atoms with Crippen molar-refractivity contribution in [2.24, 2.45) is 0 Å². The molecule has 0 aromatic carbocycles. The first-order valence-corrected chi connectivity index (χ1v) is 9.35. The first-order chi connectivity index (χ1) is 7.99. The maximum atomic E-state index is 12.1. The van der Waals surface area contributed by atoms with Gasteiger partial charge in [-0.3, -0.25) is 0 Å². The Hall–Kier alpha value is 0.570. The van der Waals surface area contributed by atoms with Gasteiger partial charge in [0, 0.05) is 10.5 Å². The van der Waals surface area contributed by atoms with Crippen LogP contribution in [0.25, 0.3) is 0 Å². The Balaban J connectivity index is 2.12. The maximum absolute atomic E-state index is 12.1. The van der Waals surface area contributed by atoms with Crippen molar-refractivity contribution in [2.75, 3.05) is 0 Å². The summed E-state index contributed by atoms with van der Waals surface area (Å²) < 4.78 is 29.0. The third-order valence-corrected chi connectivity index (χ3v) is 8.06. The highest BCUT2D eigenvalue weighted by Gasteiger charge is 2.24. The van der Waals surface area contributed by atoms with E-state index in [-0.39, 0.29) is 6.04 Å². The molecular formula is C10H13Br2NO2S2. The average molecular weight is 403 g/mol. The highest BCUT2D eigenvalue weighted by atomic mass is 79.9. The van der Waals surface area contributed by atoms with Crippen molar-refractivity contribution in [1.29, 1.82) is 0 Å². The number of rotatable bonds is 3. The maximum Gasteiger partial charge on any atom is 0.250 e. The Morgan fingerprint density at radius 1 is 1.24 bits per heavy atom. The largest absolute Gasteiger partial charge is 0.250 e. The van der Waals surface area contributed by atoms with Gasteiger partial charge in [0.2, 0.25) is 10.0 Å². The third-order valence-electron chi connectivity index (χ3n) is 2.81. The number of sulfonamides is 1. The molecule has 1 heterocycles. The van der Waals surface area contributed by atoms with Crippen molar-refractivity contribution in [1.82, 2.24) is 4.72 Å². The predicted octanol–water partition coefficient (Wildman–Crippen LogP) is 3.88. The highest BCUT2D eigenvalue weighted by molar-refractivity contribution is 9.13. The van der Waals surface area contributed by atoms with E-state index >= 15 is 0 Å². The molecule has 0 aliphatic heterocycles. The minimum absolute atomic E-state index is 0.105. The molecule has 0 spiro atoms. The fraction of sp³-hybridized carbons (Fsp3) is 0.600. The zero-order valence-corrected chi connectivity index (χ0v) is 13.9. The lowest BCUT2D eigenvalue weighted by Gasteiger charge is -2.22. The lowest BCUT2D eigenvalue weighted by molar-refractivity contribution is 0.412. The molecule has 0 bridgehead atoms. The number of halogens is 2. The van der Waals surface area contributed by atoms with Gasteiger partial charge < -0.3 is 0 Å². The topological polar surface area (TPSA) is 46.2 Å². The standard InChI is InChI=1S/C10H13Br2NO2S2/c11-8-6-9(16-10(8)12)17(14,15)13-7-4-2-1-3-5-7/h6-7,13H,1-5H2. The lowest BCUT2D eigenvalue weighted by atomic mass is 9.96. The molecular weight excluding hydrogens is 390 g/mol. The first-order valence-electron chi connectivity index (χ1n) is 5.46. The summed E-state index contributed by atoms with van der Waals surface area (Å²) in [5.74, 6) is 0. The van der Waals surface area contributed by atoms with Crippen LogP contribution in [0.4, 0.5) is 0 Å². The fourth-order valence-corrected chi connectivity index (χ4v) is 6.10. The quantitative estimate of drug-likeness (QED) is 0.833. The van der Waals surface area contributed by atoms with Crippen molar-refractivity contribution in [3.8, 4) is 0 Å². The summed E-state index contributed by atoms with van der Waals surface area (Å²) in [6.07, 6.45) is 5.35. The van der Waals surface area contributed by atoms with Gasteiger partial charge >= 0.3 is 0 Å². The minimum atomic E-state index is -3.35. The van der Waals surface area contributed by atoms with Crippen molar-refractivity contribution >= 4 is 53.2 Å². The summed E-state index contributed by atoms with van der Waals surface area (Å²) in [5.41, 5.74) is 0. The summed E-state index contributed by atoms with van der Waals surface area (Å²) in [4.78, 5) is 0. The zero-order valence-electron chi connectivity index (χ0n) is 9.08. The van der Waals surface area contributed by atoms with Gasteiger partial charge in [0.15, 0.2) is 0 Å². The summed E-state index contributed by atoms with van der Waals surface area (Å²) in [7, 11) is -3.35. The van der Waals surface area contributed by atoms with Crippen LogP contribution in [0.5, 0.6) is 0 Å². The second-order valence-electron chi connectivity index (χ2n) is 4.14. The van der Waals surface area contributed by atoms with E-state index in [2.05, 4.69) is 36.6 Å². The van der Waals surface area contributed by atoms with Crippen LogP contribution >= 0.6 is 43.2 Å². The van der Waals surface area contributed by atoms with Crippen LogP contribution in [0.1, 0.15) is 32.1 Å². The molecule has 1 N–H and O–H groups in total. The molecule has 1 aromatic rings. The molecule has 3 nitrogen and oxygen atoms in total. The van der Waals surface area contributed by atoms with Crippen molar-refractivity contribution in [3.63, 3.8) is 0 Å². The van der Waals surface area contributed by atoms with Gasteiger partial charge in [0.25, 0.3) is 0 Å². The van der Waals surface area contributed by atoms with E-state index in [1.165, 1.54) is 17.8 Å². The van der Waals surface area contributed by atoms with Crippen LogP contribution < -0.4 is 4.72 Å². The molecule has 1 aromatic heterocycles. The Bertz CT molecular complexity index is 473. The second kappa shape index (κ2) is 5.69. The fourth-order valence-electron chi connectivity index (χ4n) is 1.96. The van der Waals surface area contributed by atoms with E-state index in [9.17, 15) is 8.42 Å². The van der Waals surface area contributed by atoms with E-state index in [0.717, 1.165) is 33.9 Å². The molecule has 0 radical (unpaired) electrons. The molecule has 1 aliphatic rings. The van der Waals surface area contributed by atoms with Gasteiger partial charge in [-0.2, -0.15) is 0 Å². The van der Waals surface area contributed by atoms with E-state index in [0.29, 0.717) is 4.21 Å². The van der Waals surface area contributed by atoms with Crippen LogP contribution in [-0.4, -0.2) is 14.5 Å².